The molecule has 0 amide bonds. The van der Waals surface area contributed by atoms with Gasteiger partial charge in [-0.25, -0.2) is 18.7 Å². The summed E-state index contributed by atoms with van der Waals surface area (Å²) >= 11 is 5.78. The second kappa shape index (κ2) is 5.88. The number of nitrogens with zero attached hydrogens (tertiary/aromatic N) is 3. The summed E-state index contributed by atoms with van der Waals surface area (Å²) in [6.07, 6.45) is 1.36. The lowest BCUT2D eigenvalue weighted by Gasteiger charge is -2.10. The van der Waals surface area contributed by atoms with Crippen molar-refractivity contribution in [3.8, 4) is 0 Å². The first kappa shape index (κ1) is 14.7. The van der Waals surface area contributed by atoms with E-state index >= 15 is 0 Å². The highest BCUT2D eigenvalue weighted by Gasteiger charge is 2.13. The van der Waals surface area contributed by atoms with Gasteiger partial charge in [-0.1, -0.05) is 11.6 Å². The average Bonchev–Trinajstić information content (AvgIpc) is 2.82. The molecule has 0 saturated heterocycles. The minimum Gasteiger partial charge on any atom is -0.368 e. The van der Waals surface area contributed by atoms with Crippen molar-refractivity contribution in [2.75, 3.05) is 11.9 Å². The molecule has 0 unspecified atom stereocenters. The number of hydrogen-bond acceptors (Lipinski definition) is 3. The summed E-state index contributed by atoms with van der Waals surface area (Å²) in [5, 5.41) is 3.71. The molecule has 114 valence electrons. The molecule has 7 heteroatoms. The van der Waals surface area contributed by atoms with Gasteiger partial charge in [-0.05, 0) is 25.1 Å². The van der Waals surface area contributed by atoms with E-state index in [-0.39, 0.29) is 5.52 Å². The standard InChI is InChI=1S/C15H13ClF2N4/c1-9-6-10-11(17)2-3-12(18)15(10)22(9)5-4-19-14-7-13(16)20-8-21-14/h2-3,6-8H,4-5H2,1H3,(H,19,20,21). The van der Waals surface area contributed by atoms with Crippen LogP contribution in [0.3, 0.4) is 0 Å². The van der Waals surface area contributed by atoms with Crippen LogP contribution in [0.1, 0.15) is 5.69 Å². The molecule has 0 atom stereocenters. The summed E-state index contributed by atoms with van der Waals surface area (Å²) in [5.74, 6) is -0.274. The fraction of sp³-hybridized carbons (Fsp3) is 0.200. The summed E-state index contributed by atoms with van der Waals surface area (Å²) in [4.78, 5) is 7.82. The smallest absolute Gasteiger partial charge is 0.147 e. The molecule has 22 heavy (non-hydrogen) atoms. The minimum atomic E-state index is -0.436. The summed E-state index contributed by atoms with van der Waals surface area (Å²) in [7, 11) is 0. The highest BCUT2D eigenvalue weighted by atomic mass is 35.5. The third-order valence-corrected chi connectivity index (χ3v) is 3.65. The summed E-state index contributed by atoms with van der Waals surface area (Å²) in [6, 6.07) is 5.53. The maximum Gasteiger partial charge on any atom is 0.147 e. The number of benzene rings is 1. The van der Waals surface area contributed by atoms with Crippen LogP contribution >= 0.6 is 11.6 Å². The summed E-state index contributed by atoms with van der Waals surface area (Å²) in [5.41, 5.74) is 1.07. The van der Waals surface area contributed by atoms with Crippen LogP contribution in [0, 0.1) is 18.6 Å². The molecule has 0 radical (unpaired) electrons. The van der Waals surface area contributed by atoms with Crippen LogP contribution in [-0.2, 0) is 6.54 Å². The molecule has 0 fully saturated rings. The zero-order chi connectivity index (χ0) is 15.7. The van der Waals surface area contributed by atoms with Gasteiger partial charge in [0.15, 0.2) is 0 Å². The number of hydrogen-bond donors (Lipinski definition) is 1. The molecule has 0 aliphatic carbocycles. The molecule has 0 aliphatic heterocycles. The molecule has 4 nitrogen and oxygen atoms in total. The number of nitrogens with one attached hydrogen (secondary N) is 1. The maximum atomic E-state index is 14.0. The van der Waals surface area contributed by atoms with E-state index in [0.717, 1.165) is 17.8 Å². The van der Waals surface area contributed by atoms with Gasteiger partial charge < -0.3 is 9.88 Å². The lowest BCUT2D eigenvalue weighted by atomic mass is 10.2. The fourth-order valence-corrected chi connectivity index (χ4v) is 2.59. The van der Waals surface area contributed by atoms with Gasteiger partial charge >= 0.3 is 0 Å². The van der Waals surface area contributed by atoms with Crippen molar-refractivity contribution >= 4 is 28.3 Å². The number of aryl methyl sites for hydroxylation is 1. The zero-order valence-electron chi connectivity index (χ0n) is 11.8. The first-order valence-electron chi connectivity index (χ1n) is 6.71. The Hall–Kier alpha value is -2.21. The first-order valence-corrected chi connectivity index (χ1v) is 7.09. The predicted molar refractivity (Wildman–Crippen MR) is 82.1 cm³/mol. The maximum absolute atomic E-state index is 14.0. The fourth-order valence-electron chi connectivity index (χ4n) is 2.45. The Balaban J connectivity index is 1.82. The van der Waals surface area contributed by atoms with Crippen molar-refractivity contribution in [1.29, 1.82) is 0 Å². The van der Waals surface area contributed by atoms with Gasteiger partial charge in [0.1, 0.15) is 28.9 Å². The van der Waals surface area contributed by atoms with Crippen molar-refractivity contribution in [2.45, 2.75) is 13.5 Å². The molecule has 2 aromatic heterocycles. The van der Waals surface area contributed by atoms with Crippen molar-refractivity contribution in [3.63, 3.8) is 0 Å². The zero-order valence-corrected chi connectivity index (χ0v) is 12.5. The monoisotopic (exact) mass is 322 g/mol. The minimum absolute atomic E-state index is 0.278. The van der Waals surface area contributed by atoms with Gasteiger partial charge in [0.05, 0.1) is 5.52 Å². The molecule has 1 N–H and O–H groups in total. The summed E-state index contributed by atoms with van der Waals surface area (Å²) < 4.78 is 29.5. The van der Waals surface area contributed by atoms with Crippen molar-refractivity contribution in [1.82, 2.24) is 14.5 Å². The number of anilines is 1. The highest BCUT2D eigenvalue weighted by Crippen LogP contribution is 2.25. The van der Waals surface area contributed by atoms with Crippen LogP contribution in [0.5, 0.6) is 0 Å². The lowest BCUT2D eigenvalue weighted by Crippen LogP contribution is -2.12. The molecular weight excluding hydrogens is 310 g/mol. The number of aromatic nitrogens is 3. The quantitative estimate of drug-likeness (QED) is 0.743. The van der Waals surface area contributed by atoms with Crippen LogP contribution in [-0.4, -0.2) is 21.1 Å². The predicted octanol–water partition coefficient (Wildman–Crippen LogP) is 3.78. The Kier molecular flexibility index (Phi) is 3.94. The second-order valence-electron chi connectivity index (χ2n) is 4.88. The average molecular weight is 323 g/mol. The molecule has 0 bridgehead atoms. The Morgan fingerprint density at radius 1 is 1.18 bits per heavy atom. The Labute approximate surface area is 130 Å². The molecule has 0 aliphatic rings. The SMILES string of the molecule is Cc1cc2c(F)ccc(F)c2n1CCNc1cc(Cl)ncn1. The number of rotatable bonds is 4. The third-order valence-electron chi connectivity index (χ3n) is 3.44. The lowest BCUT2D eigenvalue weighted by molar-refractivity contribution is 0.606. The normalized spacial score (nSPS) is 11.1. The van der Waals surface area contributed by atoms with Gasteiger partial charge in [0.25, 0.3) is 0 Å². The van der Waals surface area contributed by atoms with Gasteiger partial charge in [0.2, 0.25) is 0 Å². The van der Waals surface area contributed by atoms with Crippen molar-refractivity contribution in [2.24, 2.45) is 0 Å². The van der Waals surface area contributed by atoms with E-state index in [4.69, 9.17) is 11.6 Å². The molecule has 0 saturated carbocycles. The summed E-state index contributed by atoms with van der Waals surface area (Å²) in [6.45, 7) is 2.78. The molecular formula is C15H13ClF2N4. The van der Waals surface area contributed by atoms with E-state index in [1.807, 2.05) is 6.92 Å². The van der Waals surface area contributed by atoms with Gasteiger partial charge in [0, 0.05) is 30.2 Å². The molecule has 0 spiro atoms. The van der Waals surface area contributed by atoms with E-state index in [2.05, 4.69) is 15.3 Å². The number of fused-ring (bicyclic) bond motifs is 1. The van der Waals surface area contributed by atoms with Crippen molar-refractivity contribution in [3.05, 3.63) is 53.1 Å². The van der Waals surface area contributed by atoms with Gasteiger partial charge in [-0.3, -0.25) is 0 Å². The Bertz CT molecular complexity index is 832. The van der Waals surface area contributed by atoms with E-state index in [0.29, 0.717) is 29.4 Å². The highest BCUT2D eigenvalue weighted by molar-refractivity contribution is 6.29. The van der Waals surface area contributed by atoms with Crippen molar-refractivity contribution < 1.29 is 8.78 Å². The van der Waals surface area contributed by atoms with Crippen LogP contribution in [0.15, 0.2) is 30.6 Å². The van der Waals surface area contributed by atoms with Crippen LogP contribution in [0.4, 0.5) is 14.6 Å². The molecule has 2 heterocycles. The van der Waals surface area contributed by atoms with Crippen LogP contribution < -0.4 is 5.32 Å². The Morgan fingerprint density at radius 2 is 1.95 bits per heavy atom. The van der Waals surface area contributed by atoms with E-state index < -0.39 is 11.6 Å². The van der Waals surface area contributed by atoms with E-state index in [9.17, 15) is 8.78 Å². The largest absolute Gasteiger partial charge is 0.368 e. The molecule has 3 rings (SSSR count). The van der Waals surface area contributed by atoms with Crippen LogP contribution in [0.25, 0.3) is 10.9 Å². The Morgan fingerprint density at radius 3 is 2.73 bits per heavy atom. The van der Waals surface area contributed by atoms with E-state index in [1.165, 1.54) is 6.33 Å². The van der Waals surface area contributed by atoms with Crippen LogP contribution in [0.2, 0.25) is 5.15 Å². The first-order chi connectivity index (χ1) is 10.6. The van der Waals surface area contributed by atoms with Gasteiger partial charge in [-0.2, -0.15) is 0 Å². The molecule has 3 aromatic rings. The topological polar surface area (TPSA) is 42.7 Å². The third kappa shape index (κ3) is 2.74. The molecule has 1 aromatic carbocycles. The van der Waals surface area contributed by atoms with E-state index in [1.54, 1.807) is 16.7 Å². The van der Waals surface area contributed by atoms with Gasteiger partial charge in [-0.15, -0.1) is 0 Å². The second-order valence-corrected chi connectivity index (χ2v) is 5.27. The number of halogens is 3.